The van der Waals surface area contributed by atoms with Gasteiger partial charge in [0, 0.05) is 18.3 Å². The van der Waals surface area contributed by atoms with Gasteiger partial charge >= 0.3 is 5.69 Å². The predicted molar refractivity (Wildman–Crippen MR) is 106 cm³/mol. The second-order valence-corrected chi connectivity index (χ2v) is 9.93. The third kappa shape index (κ3) is 2.87. The van der Waals surface area contributed by atoms with E-state index in [1.54, 1.807) is 0 Å². The van der Waals surface area contributed by atoms with E-state index in [2.05, 4.69) is 12.2 Å². The van der Waals surface area contributed by atoms with Crippen molar-refractivity contribution in [2.75, 3.05) is 0 Å². The van der Waals surface area contributed by atoms with E-state index in [0.29, 0.717) is 18.7 Å². The van der Waals surface area contributed by atoms with E-state index in [4.69, 9.17) is 0 Å². The lowest BCUT2D eigenvalue weighted by Crippen LogP contribution is -2.56. The molecule has 0 saturated heterocycles. The van der Waals surface area contributed by atoms with Crippen molar-refractivity contribution in [3.63, 3.8) is 0 Å². The van der Waals surface area contributed by atoms with Crippen LogP contribution in [0.5, 0.6) is 0 Å². The number of nitriles is 1. The molecule has 2 heterocycles. The molecule has 7 heteroatoms. The van der Waals surface area contributed by atoms with E-state index in [1.165, 1.54) is 43.1 Å². The van der Waals surface area contributed by atoms with Gasteiger partial charge in [-0.3, -0.25) is 14.2 Å². The third-order valence-electron chi connectivity index (χ3n) is 8.13. The summed E-state index contributed by atoms with van der Waals surface area (Å²) < 4.78 is 2.42. The van der Waals surface area contributed by atoms with Gasteiger partial charge in [-0.05, 0) is 81.5 Å². The number of nitrogens with zero attached hydrogens (tertiary/aromatic N) is 3. The summed E-state index contributed by atoms with van der Waals surface area (Å²) in [7, 11) is 0. The van der Waals surface area contributed by atoms with Gasteiger partial charge in [-0.2, -0.15) is 5.26 Å². The Morgan fingerprint density at radius 3 is 2.41 bits per heavy atom. The molecule has 7 nitrogen and oxygen atoms in total. The van der Waals surface area contributed by atoms with Crippen LogP contribution in [0, 0.1) is 34.5 Å². The number of hydrogen-bond donors (Lipinski definition) is 1. The summed E-state index contributed by atoms with van der Waals surface area (Å²) in [6.07, 6.45) is 8.88. The topological polar surface area (TPSA) is 96.9 Å². The number of fused-ring (bicyclic) bond motifs is 1. The van der Waals surface area contributed by atoms with Crippen LogP contribution in [0.2, 0.25) is 0 Å². The fourth-order valence-electron chi connectivity index (χ4n) is 7.18. The van der Waals surface area contributed by atoms with Crippen molar-refractivity contribution in [3.05, 3.63) is 32.1 Å². The SMILES string of the molecule is C[C@H](NC(=O)Cn1c(=O)c(C#N)c2n(c1=O)CCC2)C12CC3CC(CC(C3)C1)C2. The largest absolute Gasteiger partial charge is 0.352 e. The highest BCUT2D eigenvalue weighted by molar-refractivity contribution is 5.76. The molecule has 1 N–H and O–H groups in total. The van der Waals surface area contributed by atoms with Gasteiger partial charge < -0.3 is 5.32 Å². The predicted octanol–water partition coefficient (Wildman–Crippen LogP) is 1.55. The molecule has 0 radical (unpaired) electrons. The summed E-state index contributed by atoms with van der Waals surface area (Å²) in [4.78, 5) is 38.2. The second-order valence-electron chi connectivity index (χ2n) is 9.93. The minimum atomic E-state index is -0.636. The van der Waals surface area contributed by atoms with Crippen LogP contribution < -0.4 is 16.6 Å². The summed E-state index contributed by atoms with van der Waals surface area (Å²) in [6, 6.07) is 1.98. The molecule has 5 aliphatic rings. The average molecular weight is 396 g/mol. The average Bonchev–Trinajstić information content (AvgIpc) is 3.14. The Balaban J connectivity index is 1.36. The number of carbonyl (C=O) groups excluding carboxylic acids is 1. The highest BCUT2D eigenvalue weighted by Crippen LogP contribution is 2.61. The molecule has 1 aliphatic heterocycles. The molecule has 1 aromatic heterocycles. The smallest absolute Gasteiger partial charge is 0.331 e. The molecule has 0 unspecified atom stereocenters. The molecule has 4 bridgehead atoms. The summed E-state index contributed by atoms with van der Waals surface area (Å²) in [6.45, 7) is 2.27. The normalized spacial score (nSPS) is 32.6. The van der Waals surface area contributed by atoms with Crippen LogP contribution in [-0.4, -0.2) is 21.1 Å². The zero-order chi connectivity index (χ0) is 20.3. The lowest BCUT2D eigenvalue weighted by molar-refractivity contribution is -0.126. The van der Waals surface area contributed by atoms with E-state index >= 15 is 0 Å². The Hall–Kier alpha value is -2.36. The third-order valence-corrected chi connectivity index (χ3v) is 8.13. The molecule has 1 atom stereocenters. The number of amides is 1. The van der Waals surface area contributed by atoms with E-state index in [0.717, 1.165) is 28.7 Å². The standard InChI is InChI=1S/C22H28N4O3/c1-13(22-8-14-5-15(9-22)7-16(6-14)10-22)24-19(27)12-26-20(28)17(11-23)18-3-2-4-25(18)21(26)29/h13-16H,2-10,12H2,1H3,(H,24,27)/t13-,14?,15?,16?,22?/m0/s1. The molecular formula is C22H28N4O3. The van der Waals surface area contributed by atoms with Gasteiger partial charge in [0.15, 0.2) is 0 Å². The highest BCUT2D eigenvalue weighted by atomic mass is 16.2. The zero-order valence-corrected chi connectivity index (χ0v) is 16.9. The highest BCUT2D eigenvalue weighted by Gasteiger charge is 2.53. The van der Waals surface area contributed by atoms with E-state index in [9.17, 15) is 19.6 Å². The maximum absolute atomic E-state index is 12.8. The fraction of sp³-hybridized carbons (Fsp3) is 0.727. The monoisotopic (exact) mass is 396 g/mol. The zero-order valence-electron chi connectivity index (χ0n) is 16.9. The number of rotatable bonds is 4. The van der Waals surface area contributed by atoms with Crippen molar-refractivity contribution < 1.29 is 4.79 Å². The number of carbonyl (C=O) groups is 1. The minimum absolute atomic E-state index is 0.00373. The van der Waals surface area contributed by atoms with Gasteiger partial charge in [-0.25, -0.2) is 9.36 Å². The van der Waals surface area contributed by atoms with Crippen LogP contribution in [0.4, 0.5) is 0 Å². The van der Waals surface area contributed by atoms with E-state index < -0.39 is 11.2 Å². The van der Waals surface area contributed by atoms with Crippen LogP contribution in [-0.2, 0) is 24.3 Å². The summed E-state index contributed by atoms with van der Waals surface area (Å²) in [5.41, 5.74) is -0.423. The molecule has 154 valence electrons. The van der Waals surface area contributed by atoms with Gasteiger partial charge in [0.1, 0.15) is 18.2 Å². The van der Waals surface area contributed by atoms with Gasteiger partial charge in [0.2, 0.25) is 5.91 Å². The van der Waals surface area contributed by atoms with Crippen molar-refractivity contribution in [1.29, 1.82) is 5.26 Å². The minimum Gasteiger partial charge on any atom is -0.352 e. The lowest BCUT2D eigenvalue weighted by Gasteiger charge is -2.59. The van der Waals surface area contributed by atoms with Crippen LogP contribution in [0.25, 0.3) is 0 Å². The van der Waals surface area contributed by atoms with Gasteiger partial charge in [0.05, 0.1) is 0 Å². The van der Waals surface area contributed by atoms with Gasteiger partial charge in [-0.15, -0.1) is 0 Å². The molecule has 4 fully saturated rings. The van der Waals surface area contributed by atoms with Crippen LogP contribution in [0.15, 0.2) is 9.59 Å². The first-order valence-electron chi connectivity index (χ1n) is 11.0. The van der Waals surface area contributed by atoms with Crippen molar-refractivity contribution in [1.82, 2.24) is 14.5 Å². The molecule has 0 spiro atoms. The van der Waals surface area contributed by atoms with Crippen molar-refractivity contribution >= 4 is 5.91 Å². The lowest BCUT2D eigenvalue weighted by atomic mass is 9.48. The summed E-state index contributed by atoms with van der Waals surface area (Å²) >= 11 is 0. The molecule has 4 saturated carbocycles. The van der Waals surface area contributed by atoms with Crippen LogP contribution in [0.3, 0.4) is 0 Å². The van der Waals surface area contributed by atoms with Crippen LogP contribution >= 0.6 is 0 Å². The molecule has 6 rings (SSSR count). The molecule has 29 heavy (non-hydrogen) atoms. The van der Waals surface area contributed by atoms with E-state index in [-0.39, 0.29) is 29.5 Å². The Morgan fingerprint density at radius 2 is 1.83 bits per heavy atom. The molecule has 0 aromatic carbocycles. The molecule has 1 amide bonds. The fourth-order valence-corrected chi connectivity index (χ4v) is 7.18. The maximum Gasteiger partial charge on any atom is 0.331 e. The number of nitrogens with one attached hydrogen (secondary N) is 1. The molecule has 4 aliphatic carbocycles. The van der Waals surface area contributed by atoms with Gasteiger partial charge in [-0.1, -0.05) is 0 Å². The maximum atomic E-state index is 12.8. The Labute approximate surface area is 169 Å². The second kappa shape index (κ2) is 6.58. The van der Waals surface area contributed by atoms with Crippen LogP contribution in [0.1, 0.15) is 63.1 Å². The van der Waals surface area contributed by atoms with Crippen molar-refractivity contribution in [3.8, 4) is 6.07 Å². The molecule has 1 aromatic rings. The summed E-state index contributed by atoms with van der Waals surface area (Å²) in [5, 5.41) is 12.5. The van der Waals surface area contributed by atoms with Gasteiger partial charge in [0.25, 0.3) is 5.56 Å². The summed E-state index contributed by atoms with van der Waals surface area (Å²) in [5.74, 6) is 2.07. The van der Waals surface area contributed by atoms with Crippen molar-refractivity contribution in [2.45, 2.75) is 77.4 Å². The number of aromatic nitrogens is 2. The quantitative estimate of drug-likeness (QED) is 0.835. The first-order chi connectivity index (χ1) is 13.9. The number of hydrogen-bond acceptors (Lipinski definition) is 4. The Bertz CT molecular complexity index is 993. The first-order valence-corrected chi connectivity index (χ1v) is 11.0. The van der Waals surface area contributed by atoms with E-state index in [1.807, 2.05) is 6.07 Å². The first kappa shape index (κ1) is 18.7. The Kier molecular flexibility index (Phi) is 4.23. The Morgan fingerprint density at radius 1 is 1.21 bits per heavy atom. The molecular weight excluding hydrogens is 368 g/mol. The van der Waals surface area contributed by atoms with Crippen molar-refractivity contribution in [2.24, 2.45) is 23.2 Å².